The van der Waals surface area contributed by atoms with Gasteiger partial charge in [-0.25, -0.2) is 0 Å². The van der Waals surface area contributed by atoms with Crippen LogP contribution in [0.4, 0.5) is 5.69 Å². The summed E-state index contributed by atoms with van der Waals surface area (Å²) < 4.78 is 0. The predicted molar refractivity (Wildman–Crippen MR) is 61.5 cm³/mol. The van der Waals surface area contributed by atoms with Crippen molar-refractivity contribution in [3.8, 4) is 15.8 Å². The van der Waals surface area contributed by atoms with E-state index in [2.05, 4.69) is 6.07 Å². The van der Waals surface area contributed by atoms with Crippen molar-refractivity contribution in [3.63, 3.8) is 0 Å². The molecule has 4 heteroatoms. The Morgan fingerprint density at radius 1 is 1.50 bits per heavy atom. The Bertz CT molecular complexity index is 489. The molecule has 0 saturated carbocycles. The molecule has 2 heterocycles. The third kappa shape index (κ3) is 1.31. The van der Waals surface area contributed by atoms with Gasteiger partial charge in [0.1, 0.15) is 10.9 Å². The normalized spacial score (nSPS) is 10.0. The zero-order chi connectivity index (χ0) is 10.1. The monoisotopic (exact) mass is 220 g/mol. The zero-order valence-electron chi connectivity index (χ0n) is 7.57. The molecule has 2 rings (SSSR count). The van der Waals surface area contributed by atoms with E-state index in [-0.39, 0.29) is 0 Å². The van der Waals surface area contributed by atoms with Gasteiger partial charge in [0.05, 0.1) is 10.6 Å². The Balaban J connectivity index is 2.62. The molecule has 0 atom stereocenters. The Morgan fingerprint density at radius 2 is 2.29 bits per heavy atom. The third-order valence-corrected chi connectivity index (χ3v) is 4.30. The quantitative estimate of drug-likeness (QED) is 0.802. The molecule has 0 bridgehead atoms. The third-order valence-electron chi connectivity index (χ3n) is 2.04. The first-order chi connectivity index (χ1) is 6.74. The summed E-state index contributed by atoms with van der Waals surface area (Å²) in [5, 5.41) is 10.9. The van der Waals surface area contributed by atoms with Gasteiger partial charge >= 0.3 is 0 Å². The number of nitrogens with two attached hydrogens (primary N) is 1. The van der Waals surface area contributed by atoms with E-state index in [4.69, 9.17) is 11.0 Å². The summed E-state index contributed by atoms with van der Waals surface area (Å²) in [6.07, 6.45) is 0. The van der Waals surface area contributed by atoms with Gasteiger partial charge in [-0.3, -0.25) is 0 Å². The smallest absolute Gasteiger partial charge is 0.128 e. The van der Waals surface area contributed by atoms with Gasteiger partial charge < -0.3 is 5.73 Å². The van der Waals surface area contributed by atoms with E-state index >= 15 is 0 Å². The van der Waals surface area contributed by atoms with Crippen LogP contribution in [0.5, 0.6) is 0 Å². The lowest BCUT2D eigenvalue weighted by Crippen LogP contribution is -1.86. The van der Waals surface area contributed by atoms with E-state index in [0.29, 0.717) is 10.6 Å². The Morgan fingerprint density at radius 3 is 2.79 bits per heavy atom. The lowest BCUT2D eigenvalue weighted by Gasteiger charge is -1.94. The van der Waals surface area contributed by atoms with E-state index in [9.17, 15) is 0 Å². The van der Waals surface area contributed by atoms with Crippen LogP contribution in [0.3, 0.4) is 0 Å². The van der Waals surface area contributed by atoms with E-state index < -0.39 is 0 Å². The average molecular weight is 220 g/mol. The Kier molecular flexibility index (Phi) is 2.28. The highest BCUT2D eigenvalue weighted by atomic mass is 32.1. The first-order valence-corrected chi connectivity index (χ1v) is 5.76. The van der Waals surface area contributed by atoms with E-state index in [1.54, 1.807) is 11.3 Å². The van der Waals surface area contributed by atoms with Crippen LogP contribution < -0.4 is 5.73 Å². The van der Waals surface area contributed by atoms with Crippen LogP contribution in [0, 0.1) is 18.3 Å². The molecule has 0 aliphatic heterocycles. The fourth-order valence-corrected chi connectivity index (χ4v) is 3.19. The summed E-state index contributed by atoms with van der Waals surface area (Å²) in [5.74, 6) is 0. The predicted octanol–water partition coefficient (Wildman–Crippen LogP) is 3.24. The second-order valence-corrected chi connectivity index (χ2v) is 4.86. The molecule has 0 aliphatic rings. The molecule has 0 fully saturated rings. The summed E-state index contributed by atoms with van der Waals surface area (Å²) in [5.41, 5.74) is 7.46. The van der Waals surface area contributed by atoms with Crippen molar-refractivity contribution in [1.82, 2.24) is 0 Å². The van der Waals surface area contributed by atoms with Crippen LogP contribution in [-0.4, -0.2) is 0 Å². The molecule has 0 saturated heterocycles. The second kappa shape index (κ2) is 3.45. The SMILES string of the molecule is Cc1c(-c2cccs2)sc(C#N)c1N. The zero-order valence-corrected chi connectivity index (χ0v) is 9.21. The summed E-state index contributed by atoms with van der Waals surface area (Å²) in [6.45, 7) is 1.96. The minimum Gasteiger partial charge on any atom is -0.397 e. The minimum atomic E-state index is 0.617. The van der Waals surface area contributed by atoms with Gasteiger partial charge in [-0.05, 0) is 23.9 Å². The highest BCUT2D eigenvalue weighted by Crippen LogP contribution is 2.39. The van der Waals surface area contributed by atoms with Gasteiger partial charge in [0.2, 0.25) is 0 Å². The number of nitrogens with zero attached hydrogens (tertiary/aromatic N) is 1. The molecule has 0 aliphatic carbocycles. The first kappa shape index (κ1) is 9.25. The molecule has 2 aromatic heterocycles. The van der Waals surface area contributed by atoms with Crippen molar-refractivity contribution in [2.45, 2.75) is 6.92 Å². The first-order valence-electron chi connectivity index (χ1n) is 4.07. The maximum atomic E-state index is 8.84. The van der Waals surface area contributed by atoms with E-state index in [1.807, 2.05) is 24.4 Å². The van der Waals surface area contributed by atoms with E-state index in [1.165, 1.54) is 16.2 Å². The maximum Gasteiger partial charge on any atom is 0.128 e. The average Bonchev–Trinajstić information content (AvgIpc) is 2.78. The standard InChI is InChI=1S/C10H8N2S2/c1-6-9(12)8(5-11)14-10(6)7-3-2-4-13-7/h2-4H,12H2,1H3. The molecule has 2 aromatic rings. The number of nitrogen functional groups attached to an aromatic ring is 1. The molecule has 14 heavy (non-hydrogen) atoms. The Labute approximate surface area is 90.2 Å². The number of hydrogen-bond acceptors (Lipinski definition) is 4. The van der Waals surface area contributed by atoms with Crippen molar-refractivity contribution in [2.24, 2.45) is 0 Å². The van der Waals surface area contributed by atoms with Gasteiger partial charge in [-0.2, -0.15) is 5.26 Å². The van der Waals surface area contributed by atoms with Crippen molar-refractivity contribution < 1.29 is 0 Å². The van der Waals surface area contributed by atoms with Crippen LogP contribution in [-0.2, 0) is 0 Å². The fraction of sp³-hybridized carbons (Fsp3) is 0.100. The molecule has 0 unspecified atom stereocenters. The van der Waals surface area contributed by atoms with Crippen LogP contribution in [0.2, 0.25) is 0 Å². The highest BCUT2D eigenvalue weighted by Gasteiger charge is 2.13. The number of rotatable bonds is 1. The van der Waals surface area contributed by atoms with Crippen molar-refractivity contribution >= 4 is 28.4 Å². The lowest BCUT2D eigenvalue weighted by molar-refractivity contribution is 1.50. The van der Waals surface area contributed by atoms with E-state index in [0.717, 1.165) is 10.4 Å². The second-order valence-electron chi connectivity index (χ2n) is 2.89. The van der Waals surface area contributed by atoms with Gasteiger partial charge in [-0.15, -0.1) is 22.7 Å². The molecule has 0 spiro atoms. The highest BCUT2D eigenvalue weighted by molar-refractivity contribution is 7.22. The number of anilines is 1. The molecular weight excluding hydrogens is 212 g/mol. The molecule has 0 amide bonds. The Hall–Kier alpha value is -1.31. The molecule has 0 aromatic carbocycles. The van der Waals surface area contributed by atoms with Gasteiger partial charge in [0, 0.05) is 4.88 Å². The topological polar surface area (TPSA) is 49.8 Å². The van der Waals surface area contributed by atoms with Gasteiger partial charge in [0.15, 0.2) is 0 Å². The number of thiophene rings is 2. The van der Waals surface area contributed by atoms with Crippen molar-refractivity contribution in [3.05, 3.63) is 28.0 Å². The number of nitriles is 1. The molecule has 2 nitrogen and oxygen atoms in total. The van der Waals surface area contributed by atoms with Crippen molar-refractivity contribution in [2.75, 3.05) is 5.73 Å². The summed E-state index contributed by atoms with van der Waals surface area (Å²) >= 11 is 3.14. The van der Waals surface area contributed by atoms with Crippen LogP contribution in [0.15, 0.2) is 17.5 Å². The van der Waals surface area contributed by atoms with Crippen LogP contribution in [0.1, 0.15) is 10.4 Å². The maximum absolute atomic E-state index is 8.84. The van der Waals surface area contributed by atoms with Gasteiger partial charge in [0.25, 0.3) is 0 Å². The molecule has 0 radical (unpaired) electrons. The van der Waals surface area contributed by atoms with Crippen LogP contribution in [0.25, 0.3) is 9.75 Å². The fourth-order valence-electron chi connectivity index (χ4n) is 1.25. The van der Waals surface area contributed by atoms with Crippen molar-refractivity contribution in [1.29, 1.82) is 5.26 Å². The van der Waals surface area contributed by atoms with Gasteiger partial charge in [-0.1, -0.05) is 6.07 Å². The summed E-state index contributed by atoms with van der Waals surface area (Å²) in [4.78, 5) is 2.92. The lowest BCUT2D eigenvalue weighted by atomic mass is 10.2. The molecule has 70 valence electrons. The summed E-state index contributed by atoms with van der Waals surface area (Å²) in [7, 11) is 0. The minimum absolute atomic E-state index is 0.617. The molecular formula is C10H8N2S2. The number of hydrogen-bond donors (Lipinski definition) is 1. The largest absolute Gasteiger partial charge is 0.397 e. The summed E-state index contributed by atoms with van der Waals surface area (Å²) in [6, 6.07) is 6.16. The van der Waals surface area contributed by atoms with Crippen LogP contribution >= 0.6 is 22.7 Å². The molecule has 2 N–H and O–H groups in total.